The zero-order valence-electron chi connectivity index (χ0n) is 4.60. The van der Waals surface area contributed by atoms with E-state index in [9.17, 15) is 0 Å². The molecule has 0 aliphatic heterocycles. The fourth-order valence-electron chi connectivity index (χ4n) is 0. The molecule has 0 aliphatic carbocycles. The van der Waals surface area contributed by atoms with E-state index in [2.05, 4.69) is 31.5 Å². The Balaban J connectivity index is 3.45. The van der Waals surface area contributed by atoms with Gasteiger partial charge < -0.3 is 0 Å². The van der Waals surface area contributed by atoms with Crippen LogP contribution < -0.4 is 0 Å². The standard InChI is InChI=1S/C4H11NP/c1-5-6(2,3)4/h1H2,2-4H3/q+1. The molecular weight excluding hydrogens is 93.0 g/mol. The van der Waals surface area contributed by atoms with Gasteiger partial charge in [-0.3, -0.25) is 0 Å². The Morgan fingerprint density at radius 3 is 1.50 bits per heavy atom. The predicted octanol–water partition coefficient (Wildman–Crippen LogP) is 1.51. The van der Waals surface area contributed by atoms with Gasteiger partial charge in [-0.1, -0.05) is 0 Å². The van der Waals surface area contributed by atoms with E-state index < -0.39 is 7.41 Å². The van der Waals surface area contributed by atoms with Gasteiger partial charge in [0, 0.05) is 6.72 Å². The second-order valence-electron chi connectivity index (χ2n) is 2.08. The third-order valence-electron chi connectivity index (χ3n) is 0.424. The van der Waals surface area contributed by atoms with Gasteiger partial charge in [0.25, 0.3) is 0 Å². The first-order valence-corrected chi connectivity index (χ1v) is 4.94. The maximum atomic E-state index is 3.88. The van der Waals surface area contributed by atoms with Crippen molar-refractivity contribution >= 4 is 14.1 Å². The van der Waals surface area contributed by atoms with Crippen LogP contribution in [0, 0.1) is 0 Å². The van der Waals surface area contributed by atoms with Gasteiger partial charge in [0.1, 0.15) is 7.41 Å². The Morgan fingerprint density at radius 2 is 1.50 bits per heavy atom. The number of rotatable bonds is 1. The van der Waals surface area contributed by atoms with Crippen LogP contribution in [0.2, 0.25) is 0 Å². The van der Waals surface area contributed by atoms with Gasteiger partial charge in [0.15, 0.2) is 0 Å². The van der Waals surface area contributed by atoms with Gasteiger partial charge in [-0.05, 0) is 0 Å². The summed E-state index contributed by atoms with van der Waals surface area (Å²) in [7, 11) is -0.883. The van der Waals surface area contributed by atoms with Crippen molar-refractivity contribution in [2.24, 2.45) is 4.76 Å². The summed E-state index contributed by atoms with van der Waals surface area (Å²) in [5.41, 5.74) is 0. The van der Waals surface area contributed by atoms with Crippen LogP contribution in [-0.2, 0) is 0 Å². The molecule has 0 amide bonds. The van der Waals surface area contributed by atoms with Gasteiger partial charge in [-0.15, -0.1) is 4.76 Å². The van der Waals surface area contributed by atoms with Crippen LogP contribution >= 0.6 is 7.41 Å². The lowest BCUT2D eigenvalue weighted by atomic mass is 11.8. The minimum Gasteiger partial charge on any atom is -0.146 e. The zero-order valence-corrected chi connectivity index (χ0v) is 5.50. The van der Waals surface area contributed by atoms with Crippen LogP contribution in [0.4, 0.5) is 0 Å². The molecule has 6 heavy (non-hydrogen) atoms. The maximum Gasteiger partial charge on any atom is 0.123 e. The van der Waals surface area contributed by atoms with Crippen molar-refractivity contribution in [3.8, 4) is 0 Å². The van der Waals surface area contributed by atoms with Gasteiger partial charge >= 0.3 is 0 Å². The number of hydrogen-bond acceptors (Lipinski definition) is 1. The zero-order chi connectivity index (χ0) is 5.21. The minimum atomic E-state index is -0.883. The lowest BCUT2D eigenvalue weighted by Gasteiger charge is -1.97. The first-order valence-electron chi connectivity index (χ1n) is 1.86. The Bertz CT molecular complexity index is 53.1. The monoisotopic (exact) mass is 104 g/mol. The second-order valence-corrected chi connectivity index (χ2v) is 6.25. The summed E-state index contributed by atoms with van der Waals surface area (Å²) in [6.45, 7) is 9.81. The fraction of sp³-hybridized carbons (Fsp3) is 0.750. The molecule has 0 aromatic heterocycles. The van der Waals surface area contributed by atoms with Crippen LogP contribution in [-0.4, -0.2) is 26.7 Å². The van der Waals surface area contributed by atoms with E-state index in [4.69, 9.17) is 0 Å². The Morgan fingerprint density at radius 1 is 1.33 bits per heavy atom. The van der Waals surface area contributed by atoms with Crippen molar-refractivity contribution in [3.05, 3.63) is 0 Å². The summed E-state index contributed by atoms with van der Waals surface area (Å²) in [5, 5.41) is 0. The molecular formula is C4H11NP+. The smallest absolute Gasteiger partial charge is 0.123 e. The van der Waals surface area contributed by atoms with Crippen molar-refractivity contribution in [2.45, 2.75) is 0 Å². The van der Waals surface area contributed by atoms with Gasteiger partial charge in [-0.25, -0.2) is 0 Å². The van der Waals surface area contributed by atoms with E-state index in [0.717, 1.165) is 0 Å². The molecule has 1 nitrogen and oxygen atoms in total. The molecule has 0 aromatic rings. The fourth-order valence-corrected chi connectivity index (χ4v) is 0. The van der Waals surface area contributed by atoms with Crippen molar-refractivity contribution in [2.75, 3.05) is 20.0 Å². The molecule has 0 rings (SSSR count). The van der Waals surface area contributed by atoms with Crippen LogP contribution in [0.15, 0.2) is 4.76 Å². The van der Waals surface area contributed by atoms with E-state index in [-0.39, 0.29) is 0 Å². The summed E-state index contributed by atoms with van der Waals surface area (Å²) >= 11 is 0. The molecule has 0 fully saturated rings. The average molecular weight is 104 g/mol. The van der Waals surface area contributed by atoms with E-state index in [1.54, 1.807) is 0 Å². The summed E-state index contributed by atoms with van der Waals surface area (Å²) < 4.78 is 3.88. The summed E-state index contributed by atoms with van der Waals surface area (Å²) in [6, 6.07) is 0. The van der Waals surface area contributed by atoms with Crippen molar-refractivity contribution in [1.29, 1.82) is 0 Å². The largest absolute Gasteiger partial charge is 0.146 e. The molecule has 0 N–H and O–H groups in total. The molecule has 0 unspecified atom stereocenters. The van der Waals surface area contributed by atoms with E-state index in [1.165, 1.54) is 0 Å². The topological polar surface area (TPSA) is 12.4 Å². The van der Waals surface area contributed by atoms with Crippen LogP contribution in [0.25, 0.3) is 0 Å². The quantitative estimate of drug-likeness (QED) is 0.353. The SMILES string of the molecule is C=N[P+](C)(C)C. The summed E-state index contributed by atoms with van der Waals surface area (Å²) in [6.07, 6.45) is 0. The molecule has 0 saturated carbocycles. The van der Waals surface area contributed by atoms with Gasteiger partial charge in [-0.2, -0.15) is 0 Å². The van der Waals surface area contributed by atoms with Crippen LogP contribution in [0.5, 0.6) is 0 Å². The molecule has 0 bridgehead atoms. The Labute approximate surface area is 39.9 Å². The molecule has 0 saturated heterocycles. The molecule has 36 valence electrons. The Hall–Kier alpha value is 0.100. The highest BCUT2D eigenvalue weighted by Crippen LogP contribution is 2.46. The Kier molecular flexibility index (Phi) is 1.73. The van der Waals surface area contributed by atoms with E-state index >= 15 is 0 Å². The summed E-state index contributed by atoms with van der Waals surface area (Å²) in [5.74, 6) is 0. The van der Waals surface area contributed by atoms with Crippen LogP contribution in [0.1, 0.15) is 0 Å². The molecule has 0 heterocycles. The minimum absolute atomic E-state index is 0.883. The molecule has 0 aliphatic rings. The third kappa shape index (κ3) is 4.10. The highest BCUT2D eigenvalue weighted by Gasteiger charge is 2.10. The molecule has 0 spiro atoms. The van der Waals surface area contributed by atoms with Crippen LogP contribution in [0.3, 0.4) is 0 Å². The molecule has 2 heteroatoms. The maximum absolute atomic E-state index is 3.88. The average Bonchev–Trinajstić information content (AvgIpc) is 1.35. The predicted molar refractivity (Wildman–Crippen MR) is 34.2 cm³/mol. The third-order valence-corrected chi connectivity index (χ3v) is 1.27. The van der Waals surface area contributed by atoms with Crippen molar-refractivity contribution < 1.29 is 0 Å². The number of hydrogen-bond donors (Lipinski definition) is 0. The van der Waals surface area contributed by atoms with Crippen molar-refractivity contribution in [3.63, 3.8) is 0 Å². The van der Waals surface area contributed by atoms with E-state index in [1.807, 2.05) is 0 Å². The number of nitrogens with zero attached hydrogens (tertiary/aromatic N) is 1. The first kappa shape index (κ1) is 6.10. The van der Waals surface area contributed by atoms with Gasteiger partial charge in [0.05, 0.1) is 20.0 Å². The van der Waals surface area contributed by atoms with Crippen molar-refractivity contribution in [1.82, 2.24) is 0 Å². The highest BCUT2D eigenvalue weighted by molar-refractivity contribution is 7.72. The highest BCUT2D eigenvalue weighted by atomic mass is 31.2. The first-order chi connectivity index (χ1) is 2.56. The van der Waals surface area contributed by atoms with Gasteiger partial charge in [0.2, 0.25) is 0 Å². The lowest BCUT2D eigenvalue weighted by molar-refractivity contribution is 1.79. The normalized spacial score (nSPS) is 11.2. The van der Waals surface area contributed by atoms with E-state index in [0.29, 0.717) is 0 Å². The second kappa shape index (κ2) is 1.70. The molecule has 0 radical (unpaired) electrons. The molecule has 0 aromatic carbocycles. The lowest BCUT2D eigenvalue weighted by Crippen LogP contribution is -1.73. The summed E-state index contributed by atoms with van der Waals surface area (Å²) in [4.78, 5) is 0. The molecule has 0 atom stereocenters.